The molecule has 0 atom stereocenters. The van der Waals surface area contributed by atoms with E-state index in [9.17, 15) is 19.2 Å². The predicted octanol–water partition coefficient (Wildman–Crippen LogP) is 2.08. The van der Waals surface area contributed by atoms with Crippen LogP contribution in [0.2, 0.25) is 0 Å². The number of hydrogen-bond donors (Lipinski definition) is 0. The SMILES string of the molecule is C=C(C)C(=O)OC(=O)C(=C)C.CCC(=O)OC(=O)CC. The second-order valence-corrected chi connectivity index (χ2v) is 3.79. The minimum atomic E-state index is -0.710. The first-order valence-corrected chi connectivity index (χ1v) is 5.96. The zero-order valence-electron chi connectivity index (χ0n) is 12.3. The van der Waals surface area contributed by atoms with E-state index in [1.807, 2.05) is 0 Å². The summed E-state index contributed by atoms with van der Waals surface area (Å²) in [6, 6.07) is 0. The molecule has 0 amide bonds. The van der Waals surface area contributed by atoms with E-state index in [0.29, 0.717) is 0 Å². The molecular formula is C14H20O6. The van der Waals surface area contributed by atoms with Crippen LogP contribution in [0, 0.1) is 0 Å². The summed E-state index contributed by atoms with van der Waals surface area (Å²) in [5, 5.41) is 0. The van der Waals surface area contributed by atoms with Crippen molar-refractivity contribution in [1.82, 2.24) is 0 Å². The van der Waals surface area contributed by atoms with Crippen molar-refractivity contribution >= 4 is 23.9 Å². The van der Waals surface area contributed by atoms with Gasteiger partial charge in [-0.2, -0.15) is 0 Å². The largest absolute Gasteiger partial charge is 0.393 e. The Kier molecular flexibility index (Phi) is 10.7. The van der Waals surface area contributed by atoms with Gasteiger partial charge in [0.25, 0.3) is 0 Å². The Morgan fingerprint density at radius 2 is 1.05 bits per heavy atom. The van der Waals surface area contributed by atoms with E-state index >= 15 is 0 Å². The zero-order chi connectivity index (χ0) is 16.3. The van der Waals surface area contributed by atoms with Gasteiger partial charge >= 0.3 is 23.9 Å². The summed E-state index contributed by atoms with van der Waals surface area (Å²) in [7, 11) is 0. The van der Waals surface area contributed by atoms with E-state index in [2.05, 4.69) is 22.6 Å². The van der Waals surface area contributed by atoms with Crippen LogP contribution in [0.4, 0.5) is 0 Å². The number of carbonyl (C=O) groups is 4. The molecule has 0 bridgehead atoms. The van der Waals surface area contributed by atoms with Gasteiger partial charge in [0.1, 0.15) is 0 Å². The van der Waals surface area contributed by atoms with Crippen molar-refractivity contribution in [3.05, 3.63) is 24.3 Å². The highest BCUT2D eigenvalue weighted by Crippen LogP contribution is 1.97. The molecule has 6 nitrogen and oxygen atoms in total. The molecule has 0 spiro atoms. The van der Waals surface area contributed by atoms with Crippen molar-refractivity contribution in [3.63, 3.8) is 0 Å². The normalized spacial score (nSPS) is 8.60. The molecule has 0 aliphatic rings. The van der Waals surface area contributed by atoms with Gasteiger partial charge in [0.15, 0.2) is 0 Å². The standard InChI is InChI=1S/C8H10O3.C6H10O3/c1-5(2)7(9)11-8(10)6(3)4;1-3-5(7)9-6(8)4-2/h1,3H2,2,4H3;3-4H2,1-2H3. The number of hydrogen-bond acceptors (Lipinski definition) is 6. The van der Waals surface area contributed by atoms with Crippen LogP contribution in [0.5, 0.6) is 0 Å². The molecule has 0 rings (SSSR count). The Labute approximate surface area is 118 Å². The molecular weight excluding hydrogens is 264 g/mol. The summed E-state index contributed by atoms with van der Waals surface area (Å²) in [5.41, 5.74) is 0.388. The summed E-state index contributed by atoms with van der Waals surface area (Å²) in [4.78, 5) is 42.0. The van der Waals surface area contributed by atoms with Crippen LogP contribution in [0.3, 0.4) is 0 Å². The highest BCUT2D eigenvalue weighted by Gasteiger charge is 2.10. The maximum absolute atomic E-state index is 10.7. The first kappa shape index (κ1) is 20.1. The Bertz CT molecular complexity index is 381. The van der Waals surface area contributed by atoms with Crippen LogP contribution in [0.1, 0.15) is 40.5 Å². The first-order valence-electron chi connectivity index (χ1n) is 5.96. The Morgan fingerprint density at radius 3 is 1.25 bits per heavy atom. The van der Waals surface area contributed by atoms with Gasteiger partial charge in [-0.3, -0.25) is 9.59 Å². The van der Waals surface area contributed by atoms with Gasteiger partial charge in [-0.05, 0) is 13.8 Å². The summed E-state index contributed by atoms with van der Waals surface area (Å²) in [6.45, 7) is 12.8. The van der Waals surface area contributed by atoms with Crippen molar-refractivity contribution < 1.29 is 28.7 Å². The van der Waals surface area contributed by atoms with E-state index in [1.54, 1.807) is 13.8 Å². The van der Waals surface area contributed by atoms with E-state index < -0.39 is 23.9 Å². The van der Waals surface area contributed by atoms with Gasteiger partial charge in [-0.1, -0.05) is 27.0 Å². The van der Waals surface area contributed by atoms with Gasteiger partial charge in [0.2, 0.25) is 0 Å². The van der Waals surface area contributed by atoms with Gasteiger partial charge in [0, 0.05) is 24.0 Å². The summed E-state index contributed by atoms with van der Waals surface area (Å²) >= 11 is 0. The average Bonchev–Trinajstić information content (AvgIpc) is 2.38. The minimum Gasteiger partial charge on any atom is -0.393 e. The fraction of sp³-hybridized carbons (Fsp3) is 0.429. The van der Waals surface area contributed by atoms with Crippen LogP contribution in [0.15, 0.2) is 24.3 Å². The van der Waals surface area contributed by atoms with Crippen molar-refractivity contribution in [1.29, 1.82) is 0 Å². The molecule has 112 valence electrons. The lowest BCUT2D eigenvalue weighted by Gasteiger charge is -1.99. The minimum absolute atomic E-state index is 0.194. The third kappa shape index (κ3) is 10.9. The van der Waals surface area contributed by atoms with Gasteiger partial charge in [-0.15, -0.1) is 0 Å². The lowest BCUT2D eigenvalue weighted by atomic mass is 10.3. The predicted molar refractivity (Wildman–Crippen MR) is 72.4 cm³/mol. The first-order chi connectivity index (χ1) is 9.15. The van der Waals surface area contributed by atoms with Crippen LogP contribution in [-0.4, -0.2) is 23.9 Å². The van der Waals surface area contributed by atoms with E-state index in [4.69, 9.17) is 0 Å². The Balaban J connectivity index is 0. The Morgan fingerprint density at radius 1 is 0.750 bits per heavy atom. The third-order valence-corrected chi connectivity index (χ3v) is 1.69. The molecule has 0 unspecified atom stereocenters. The van der Waals surface area contributed by atoms with Crippen molar-refractivity contribution in [2.75, 3.05) is 0 Å². The summed E-state index contributed by atoms with van der Waals surface area (Å²) in [6.07, 6.45) is 0.511. The number of ether oxygens (including phenoxy) is 2. The molecule has 0 aliphatic heterocycles. The number of esters is 4. The third-order valence-electron chi connectivity index (χ3n) is 1.69. The molecule has 6 heteroatoms. The molecule has 0 radical (unpaired) electrons. The second kappa shape index (κ2) is 10.7. The maximum atomic E-state index is 10.7. The summed E-state index contributed by atoms with van der Waals surface area (Å²) < 4.78 is 8.57. The fourth-order valence-electron chi connectivity index (χ4n) is 0.530. The molecule has 0 N–H and O–H groups in total. The molecule has 0 aromatic carbocycles. The van der Waals surface area contributed by atoms with E-state index in [0.717, 1.165) is 0 Å². The molecule has 0 saturated heterocycles. The van der Waals surface area contributed by atoms with Gasteiger partial charge in [0.05, 0.1) is 0 Å². The maximum Gasteiger partial charge on any atom is 0.340 e. The fourth-order valence-corrected chi connectivity index (χ4v) is 0.530. The molecule has 0 heterocycles. The lowest BCUT2D eigenvalue weighted by Crippen LogP contribution is -2.12. The van der Waals surface area contributed by atoms with Crippen LogP contribution in [-0.2, 0) is 28.7 Å². The molecule has 0 saturated carbocycles. The second-order valence-electron chi connectivity index (χ2n) is 3.79. The number of carbonyl (C=O) groups excluding carboxylic acids is 4. The number of rotatable bonds is 4. The van der Waals surface area contributed by atoms with E-state index in [1.165, 1.54) is 13.8 Å². The van der Waals surface area contributed by atoms with Crippen molar-refractivity contribution in [2.45, 2.75) is 40.5 Å². The summed E-state index contributed by atoms with van der Waals surface area (Å²) in [5.74, 6) is -2.33. The highest BCUT2D eigenvalue weighted by atomic mass is 16.6. The quantitative estimate of drug-likeness (QED) is 0.446. The van der Waals surface area contributed by atoms with Crippen molar-refractivity contribution in [2.24, 2.45) is 0 Å². The van der Waals surface area contributed by atoms with Crippen LogP contribution >= 0.6 is 0 Å². The smallest absolute Gasteiger partial charge is 0.340 e. The van der Waals surface area contributed by atoms with Crippen LogP contribution in [0.25, 0.3) is 0 Å². The lowest BCUT2D eigenvalue weighted by molar-refractivity contribution is -0.159. The molecule has 0 aromatic rings. The van der Waals surface area contributed by atoms with Crippen LogP contribution < -0.4 is 0 Å². The molecule has 0 aliphatic carbocycles. The molecule has 0 fully saturated rings. The molecule has 0 aromatic heterocycles. The zero-order valence-corrected chi connectivity index (χ0v) is 12.3. The van der Waals surface area contributed by atoms with Gasteiger partial charge in [-0.25, -0.2) is 9.59 Å². The average molecular weight is 284 g/mol. The molecule has 20 heavy (non-hydrogen) atoms. The Hall–Kier alpha value is -2.24. The van der Waals surface area contributed by atoms with Crippen molar-refractivity contribution in [3.8, 4) is 0 Å². The highest BCUT2D eigenvalue weighted by molar-refractivity contribution is 6.00. The van der Waals surface area contributed by atoms with Gasteiger partial charge < -0.3 is 9.47 Å². The topological polar surface area (TPSA) is 86.7 Å². The van der Waals surface area contributed by atoms with E-state index in [-0.39, 0.29) is 24.0 Å². The monoisotopic (exact) mass is 284 g/mol.